The standard InChI is InChI=1S/C11H13NO4/c1-14-11(13)5-8(12)7-2-3-9-10(4-7)16-6-15-9/h2-4,8H,5-6,12H2,1H3/t8-/m1/s1. The number of fused-ring (bicyclic) bond motifs is 1. The molecule has 0 aromatic heterocycles. The van der Waals surface area contributed by atoms with Gasteiger partial charge in [-0.25, -0.2) is 0 Å². The molecule has 5 heteroatoms. The van der Waals surface area contributed by atoms with Gasteiger partial charge in [-0.3, -0.25) is 4.79 Å². The number of benzene rings is 1. The van der Waals surface area contributed by atoms with Crippen LogP contribution >= 0.6 is 0 Å². The Morgan fingerprint density at radius 1 is 1.50 bits per heavy atom. The molecule has 5 nitrogen and oxygen atoms in total. The number of nitrogens with two attached hydrogens (primary N) is 1. The summed E-state index contributed by atoms with van der Waals surface area (Å²) in [5.74, 6) is 1.04. The van der Waals surface area contributed by atoms with Crippen molar-refractivity contribution in [1.82, 2.24) is 0 Å². The Morgan fingerprint density at radius 3 is 3.00 bits per heavy atom. The largest absolute Gasteiger partial charge is 0.469 e. The fourth-order valence-corrected chi connectivity index (χ4v) is 1.52. The molecule has 2 N–H and O–H groups in total. The molecule has 0 radical (unpaired) electrons. The molecule has 16 heavy (non-hydrogen) atoms. The molecule has 0 bridgehead atoms. The van der Waals surface area contributed by atoms with Gasteiger partial charge in [0.25, 0.3) is 0 Å². The van der Waals surface area contributed by atoms with Gasteiger partial charge in [-0.05, 0) is 17.7 Å². The lowest BCUT2D eigenvalue weighted by Gasteiger charge is -2.10. The van der Waals surface area contributed by atoms with Crippen molar-refractivity contribution in [3.63, 3.8) is 0 Å². The van der Waals surface area contributed by atoms with Crippen molar-refractivity contribution in [2.24, 2.45) is 5.73 Å². The van der Waals surface area contributed by atoms with E-state index in [-0.39, 0.29) is 25.2 Å². The van der Waals surface area contributed by atoms with Crippen LogP contribution in [0.15, 0.2) is 18.2 Å². The van der Waals surface area contributed by atoms with Gasteiger partial charge in [0.2, 0.25) is 6.79 Å². The van der Waals surface area contributed by atoms with Gasteiger partial charge in [-0.2, -0.15) is 0 Å². The molecule has 1 heterocycles. The zero-order chi connectivity index (χ0) is 11.5. The van der Waals surface area contributed by atoms with Gasteiger partial charge in [-0.15, -0.1) is 0 Å². The lowest BCUT2D eigenvalue weighted by Crippen LogP contribution is -2.16. The van der Waals surface area contributed by atoms with E-state index in [1.165, 1.54) is 7.11 Å². The molecule has 86 valence electrons. The Hall–Kier alpha value is -1.75. The summed E-state index contributed by atoms with van der Waals surface area (Å²) in [6, 6.07) is 5.01. The van der Waals surface area contributed by atoms with E-state index in [1.807, 2.05) is 6.07 Å². The summed E-state index contributed by atoms with van der Waals surface area (Å²) >= 11 is 0. The van der Waals surface area contributed by atoms with Crippen molar-refractivity contribution >= 4 is 5.97 Å². The molecule has 1 aromatic rings. The number of hydrogen-bond donors (Lipinski definition) is 1. The van der Waals surface area contributed by atoms with Crippen LogP contribution in [-0.2, 0) is 9.53 Å². The van der Waals surface area contributed by atoms with Gasteiger partial charge in [0.1, 0.15) is 0 Å². The molecular weight excluding hydrogens is 210 g/mol. The highest BCUT2D eigenvalue weighted by atomic mass is 16.7. The molecule has 0 unspecified atom stereocenters. The van der Waals surface area contributed by atoms with Crippen molar-refractivity contribution in [3.8, 4) is 11.5 Å². The van der Waals surface area contributed by atoms with E-state index in [9.17, 15) is 4.79 Å². The van der Waals surface area contributed by atoms with Gasteiger partial charge in [0.05, 0.1) is 13.5 Å². The summed E-state index contributed by atoms with van der Waals surface area (Å²) in [5.41, 5.74) is 6.70. The van der Waals surface area contributed by atoms with E-state index in [4.69, 9.17) is 15.2 Å². The number of rotatable bonds is 3. The second-order valence-corrected chi connectivity index (χ2v) is 3.50. The fourth-order valence-electron chi connectivity index (χ4n) is 1.52. The first-order valence-corrected chi connectivity index (χ1v) is 4.92. The highest BCUT2D eigenvalue weighted by molar-refractivity contribution is 5.70. The van der Waals surface area contributed by atoms with Crippen LogP contribution in [0.1, 0.15) is 18.0 Å². The number of methoxy groups -OCH3 is 1. The summed E-state index contributed by atoms with van der Waals surface area (Å²) in [7, 11) is 1.34. The molecule has 0 aliphatic carbocycles. The molecule has 1 aliphatic rings. The fraction of sp³-hybridized carbons (Fsp3) is 0.364. The minimum absolute atomic E-state index is 0.149. The molecule has 0 spiro atoms. The third kappa shape index (κ3) is 2.09. The van der Waals surface area contributed by atoms with Crippen LogP contribution in [0.5, 0.6) is 11.5 Å². The average Bonchev–Trinajstić information content (AvgIpc) is 2.75. The van der Waals surface area contributed by atoms with E-state index in [1.54, 1.807) is 12.1 Å². The van der Waals surface area contributed by atoms with E-state index in [0.717, 1.165) is 5.56 Å². The topological polar surface area (TPSA) is 70.8 Å². The van der Waals surface area contributed by atoms with Crippen LogP contribution < -0.4 is 15.2 Å². The quantitative estimate of drug-likeness (QED) is 0.773. The highest BCUT2D eigenvalue weighted by Crippen LogP contribution is 2.34. The van der Waals surface area contributed by atoms with E-state index >= 15 is 0 Å². The number of esters is 1. The third-order valence-electron chi connectivity index (χ3n) is 2.44. The monoisotopic (exact) mass is 223 g/mol. The van der Waals surface area contributed by atoms with Crippen LogP contribution in [-0.4, -0.2) is 19.9 Å². The van der Waals surface area contributed by atoms with Crippen LogP contribution in [0.25, 0.3) is 0 Å². The molecule has 2 rings (SSSR count). The smallest absolute Gasteiger partial charge is 0.307 e. The van der Waals surface area contributed by atoms with E-state index in [0.29, 0.717) is 11.5 Å². The first-order chi connectivity index (χ1) is 7.70. The number of ether oxygens (including phenoxy) is 3. The maximum absolute atomic E-state index is 11.1. The molecule has 0 fully saturated rings. The van der Waals surface area contributed by atoms with Gasteiger partial charge in [0.15, 0.2) is 11.5 Å². The molecule has 0 saturated heterocycles. The number of carbonyl (C=O) groups excluding carboxylic acids is 1. The molecule has 0 saturated carbocycles. The van der Waals surface area contributed by atoms with Crippen LogP contribution in [0, 0.1) is 0 Å². The molecular formula is C11H13NO4. The summed E-state index contributed by atoms with van der Waals surface area (Å²) in [5, 5.41) is 0. The second-order valence-electron chi connectivity index (χ2n) is 3.50. The minimum atomic E-state index is -0.387. The van der Waals surface area contributed by atoms with E-state index < -0.39 is 0 Å². The van der Waals surface area contributed by atoms with Crippen molar-refractivity contribution in [2.45, 2.75) is 12.5 Å². The average molecular weight is 223 g/mol. The number of carbonyl (C=O) groups is 1. The Kier molecular flexibility index (Phi) is 2.96. The second kappa shape index (κ2) is 4.40. The summed E-state index contributed by atoms with van der Waals surface area (Å²) in [4.78, 5) is 11.1. The first kappa shape index (κ1) is 10.8. The van der Waals surface area contributed by atoms with Crippen molar-refractivity contribution in [3.05, 3.63) is 23.8 Å². The predicted octanol–water partition coefficient (Wildman–Crippen LogP) is 0.978. The van der Waals surface area contributed by atoms with Crippen LogP contribution in [0.2, 0.25) is 0 Å². The maximum Gasteiger partial charge on any atom is 0.307 e. The third-order valence-corrected chi connectivity index (χ3v) is 2.44. The van der Waals surface area contributed by atoms with Crippen molar-refractivity contribution in [1.29, 1.82) is 0 Å². The van der Waals surface area contributed by atoms with Gasteiger partial charge >= 0.3 is 5.97 Å². The summed E-state index contributed by atoms with van der Waals surface area (Å²) in [6.07, 6.45) is 0.149. The summed E-state index contributed by atoms with van der Waals surface area (Å²) < 4.78 is 15.0. The SMILES string of the molecule is COC(=O)C[C@@H](N)c1ccc2c(c1)OCO2. The predicted molar refractivity (Wildman–Crippen MR) is 56.1 cm³/mol. The summed E-state index contributed by atoms with van der Waals surface area (Å²) in [6.45, 7) is 0.227. The Morgan fingerprint density at radius 2 is 2.25 bits per heavy atom. The number of hydrogen-bond acceptors (Lipinski definition) is 5. The Bertz CT molecular complexity index is 405. The lowest BCUT2D eigenvalue weighted by atomic mass is 10.0. The normalized spacial score (nSPS) is 14.6. The lowest BCUT2D eigenvalue weighted by molar-refractivity contribution is -0.141. The Balaban J connectivity index is 2.12. The van der Waals surface area contributed by atoms with Crippen LogP contribution in [0.4, 0.5) is 0 Å². The Labute approximate surface area is 93.1 Å². The van der Waals surface area contributed by atoms with Crippen molar-refractivity contribution in [2.75, 3.05) is 13.9 Å². The molecule has 0 amide bonds. The van der Waals surface area contributed by atoms with Crippen molar-refractivity contribution < 1.29 is 19.0 Å². The van der Waals surface area contributed by atoms with E-state index in [2.05, 4.69) is 4.74 Å². The molecule has 1 aliphatic heterocycles. The molecule has 1 aromatic carbocycles. The minimum Gasteiger partial charge on any atom is -0.469 e. The zero-order valence-corrected chi connectivity index (χ0v) is 8.93. The first-order valence-electron chi connectivity index (χ1n) is 4.92. The molecule has 1 atom stereocenters. The van der Waals surface area contributed by atoms with Gasteiger partial charge in [-0.1, -0.05) is 6.07 Å². The van der Waals surface area contributed by atoms with Gasteiger partial charge in [0, 0.05) is 6.04 Å². The maximum atomic E-state index is 11.1. The highest BCUT2D eigenvalue weighted by Gasteiger charge is 2.17. The zero-order valence-electron chi connectivity index (χ0n) is 8.93. The van der Waals surface area contributed by atoms with Gasteiger partial charge < -0.3 is 19.9 Å². The van der Waals surface area contributed by atoms with Crippen LogP contribution in [0.3, 0.4) is 0 Å².